The lowest BCUT2D eigenvalue weighted by atomic mass is 10.1. The Balaban J connectivity index is 2.93. The minimum atomic E-state index is 0.0809. The number of phenolic OH excluding ortho intramolecular Hbond substituents is 1. The van der Waals surface area contributed by atoms with Gasteiger partial charge in [-0.05, 0) is 37.7 Å². The molecule has 0 aliphatic heterocycles. The molecule has 3 N–H and O–H groups in total. The topological polar surface area (TPSA) is 71.0 Å². The largest absolute Gasteiger partial charge is 0.505 e. The van der Waals surface area contributed by atoms with Gasteiger partial charge < -0.3 is 10.8 Å². The van der Waals surface area contributed by atoms with Crippen molar-refractivity contribution in [1.82, 2.24) is 0 Å². The van der Waals surface area contributed by atoms with Gasteiger partial charge in [0.25, 0.3) is 0 Å². The van der Waals surface area contributed by atoms with Crippen LogP contribution in [-0.2, 0) is 0 Å². The highest BCUT2D eigenvalue weighted by Gasteiger charge is 2.09. The quantitative estimate of drug-likeness (QED) is 0.594. The molecule has 0 heterocycles. The van der Waals surface area contributed by atoms with Gasteiger partial charge in [0.05, 0.1) is 11.4 Å². The first-order chi connectivity index (χ1) is 7.69. The Morgan fingerprint density at radius 3 is 2.31 bits per heavy atom. The number of phenols is 1. The molecule has 4 heteroatoms. The molecule has 0 aliphatic carbocycles. The molecule has 0 aromatic heterocycles. The normalized spacial score (nSPS) is 10.2. The van der Waals surface area contributed by atoms with Crippen LogP contribution in [0.1, 0.15) is 0 Å². The maximum Gasteiger partial charge on any atom is 0.149 e. The van der Waals surface area contributed by atoms with Crippen LogP contribution in [0.3, 0.4) is 0 Å². The van der Waals surface area contributed by atoms with Crippen molar-refractivity contribution in [2.24, 2.45) is 9.98 Å². The monoisotopic (exact) mass is 213 g/mol. The number of nitrogens with two attached hydrogens (primary N) is 1. The summed E-state index contributed by atoms with van der Waals surface area (Å²) in [6.07, 6.45) is 0. The van der Waals surface area contributed by atoms with E-state index in [2.05, 4.69) is 23.4 Å². The van der Waals surface area contributed by atoms with Crippen molar-refractivity contribution >= 4 is 41.3 Å². The van der Waals surface area contributed by atoms with E-state index >= 15 is 0 Å². The number of nitrogen functional groups attached to an aromatic ring is 1. The Morgan fingerprint density at radius 1 is 1.00 bits per heavy atom. The summed E-state index contributed by atoms with van der Waals surface area (Å²) in [4.78, 5) is 7.58. The minimum absolute atomic E-state index is 0.0809. The van der Waals surface area contributed by atoms with E-state index in [0.717, 1.165) is 5.39 Å². The Labute approximate surface area is 92.8 Å². The van der Waals surface area contributed by atoms with E-state index in [-0.39, 0.29) is 5.75 Å². The maximum absolute atomic E-state index is 9.92. The summed E-state index contributed by atoms with van der Waals surface area (Å²) in [5.74, 6) is 0.0809. The van der Waals surface area contributed by atoms with Crippen LogP contribution in [0.5, 0.6) is 5.75 Å². The summed E-state index contributed by atoms with van der Waals surface area (Å²) in [6.45, 7) is 6.85. The molecule has 0 atom stereocenters. The third kappa shape index (κ3) is 1.32. The molecule has 0 bridgehead atoms. The first-order valence-corrected chi connectivity index (χ1v) is 4.66. The number of nitrogens with zero attached hydrogens (tertiary/aromatic N) is 2. The van der Waals surface area contributed by atoms with E-state index in [0.29, 0.717) is 22.4 Å². The lowest BCUT2D eigenvalue weighted by molar-refractivity contribution is 0.483. The Hall–Kier alpha value is -2.36. The zero-order valence-corrected chi connectivity index (χ0v) is 8.64. The molecule has 0 spiro atoms. The molecule has 2 aromatic carbocycles. The average Bonchev–Trinajstić information content (AvgIpc) is 2.29. The van der Waals surface area contributed by atoms with Crippen molar-refractivity contribution in [3.8, 4) is 5.75 Å². The minimum Gasteiger partial charge on any atom is -0.505 e. The van der Waals surface area contributed by atoms with Gasteiger partial charge in [0, 0.05) is 10.8 Å². The number of hydrogen-bond donors (Lipinski definition) is 2. The molecule has 0 saturated carbocycles. The molecule has 2 aromatic rings. The molecule has 80 valence electrons. The summed E-state index contributed by atoms with van der Waals surface area (Å²) in [6, 6.07) is 6.86. The van der Waals surface area contributed by atoms with Crippen molar-refractivity contribution in [3.05, 3.63) is 24.3 Å². The highest BCUT2D eigenvalue weighted by atomic mass is 16.3. The Kier molecular flexibility index (Phi) is 2.32. The number of fused-ring (bicyclic) bond motifs is 1. The van der Waals surface area contributed by atoms with Crippen LogP contribution in [0.25, 0.3) is 10.8 Å². The van der Waals surface area contributed by atoms with E-state index in [1.165, 1.54) is 0 Å². The molecule has 0 aliphatic rings. The molecule has 2 rings (SSSR count). The number of hydrogen-bond acceptors (Lipinski definition) is 4. The second-order valence-electron chi connectivity index (χ2n) is 3.35. The highest BCUT2D eigenvalue weighted by Crippen LogP contribution is 2.40. The fourth-order valence-corrected chi connectivity index (χ4v) is 1.68. The molecule has 4 nitrogen and oxygen atoms in total. The smallest absolute Gasteiger partial charge is 0.149 e. The van der Waals surface area contributed by atoms with Gasteiger partial charge in [0.2, 0.25) is 0 Å². The van der Waals surface area contributed by atoms with E-state index in [1.807, 2.05) is 0 Å². The second-order valence-corrected chi connectivity index (χ2v) is 3.35. The molecule has 0 radical (unpaired) electrons. The van der Waals surface area contributed by atoms with Crippen molar-refractivity contribution < 1.29 is 5.11 Å². The summed E-state index contributed by atoms with van der Waals surface area (Å²) >= 11 is 0. The summed E-state index contributed by atoms with van der Waals surface area (Å²) < 4.78 is 0. The van der Waals surface area contributed by atoms with Gasteiger partial charge >= 0.3 is 0 Å². The molecule has 16 heavy (non-hydrogen) atoms. The van der Waals surface area contributed by atoms with E-state index in [4.69, 9.17) is 5.73 Å². The Bertz CT molecular complexity index is 590. The van der Waals surface area contributed by atoms with Gasteiger partial charge in [0.1, 0.15) is 11.4 Å². The number of aromatic hydroxyl groups is 1. The standard InChI is InChI=1S/C12H11N3O/c1-14-10-6-4-7-8(12(10)16)3-5-9(13)11(7)15-2/h3-6,16H,1-2,13H2. The zero-order valence-electron chi connectivity index (χ0n) is 8.64. The summed E-state index contributed by atoms with van der Waals surface area (Å²) in [7, 11) is 0. The maximum atomic E-state index is 9.92. The predicted octanol–water partition coefficient (Wildman–Crippen LogP) is 2.79. The van der Waals surface area contributed by atoms with E-state index in [9.17, 15) is 5.11 Å². The van der Waals surface area contributed by atoms with Crippen molar-refractivity contribution in [1.29, 1.82) is 0 Å². The van der Waals surface area contributed by atoms with Gasteiger partial charge in [-0.1, -0.05) is 0 Å². The van der Waals surface area contributed by atoms with Gasteiger partial charge in [-0.15, -0.1) is 0 Å². The fraction of sp³-hybridized carbons (Fsp3) is 0. The average molecular weight is 213 g/mol. The molecule has 0 saturated heterocycles. The number of benzene rings is 2. The first kappa shape index (κ1) is 10.2. The molecule has 0 unspecified atom stereocenters. The molecule has 0 fully saturated rings. The fourth-order valence-electron chi connectivity index (χ4n) is 1.68. The molecule has 0 amide bonds. The number of rotatable bonds is 2. The number of anilines is 1. The van der Waals surface area contributed by atoms with Gasteiger partial charge in [-0.25, -0.2) is 0 Å². The highest BCUT2D eigenvalue weighted by molar-refractivity contribution is 6.03. The van der Waals surface area contributed by atoms with Crippen LogP contribution in [0.15, 0.2) is 34.3 Å². The third-order valence-corrected chi connectivity index (χ3v) is 2.48. The van der Waals surface area contributed by atoms with Crippen LogP contribution in [-0.4, -0.2) is 18.5 Å². The van der Waals surface area contributed by atoms with Crippen LogP contribution in [0.4, 0.5) is 17.1 Å². The lowest BCUT2D eigenvalue weighted by Gasteiger charge is -2.08. The SMILES string of the molecule is C=Nc1ccc2c(N=C)c(N)ccc2c1O. The lowest BCUT2D eigenvalue weighted by Crippen LogP contribution is -1.86. The van der Waals surface area contributed by atoms with Gasteiger partial charge in [0.15, 0.2) is 0 Å². The molecular weight excluding hydrogens is 202 g/mol. The second kappa shape index (κ2) is 3.66. The number of aliphatic imine (C=N–C) groups is 2. The van der Waals surface area contributed by atoms with Crippen molar-refractivity contribution in [2.75, 3.05) is 5.73 Å². The third-order valence-electron chi connectivity index (χ3n) is 2.48. The summed E-state index contributed by atoms with van der Waals surface area (Å²) in [5, 5.41) is 11.3. The van der Waals surface area contributed by atoms with Gasteiger partial charge in [-0.2, -0.15) is 0 Å². The van der Waals surface area contributed by atoms with E-state index in [1.54, 1.807) is 24.3 Å². The van der Waals surface area contributed by atoms with Gasteiger partial charge in [-0.3, -0.25) is 9.98 Å². The zero-order chi connectivity index (χ0) is 11.7. The summed E-state index contributed by atoms with van der Waals surface area (Å²) in [5.41, 5.74) is 7.31. The van der Waals surface area contributed by atoms with Crippen LogP contribution < -0.4 is 5.73 Å². The molecular formula is C12H11N3O. The van der Waals surface area contributed by atoms with Crippen LogP contribution in [0.2, 0.25) is 0 Å². The predicted molar refractivity (Wildman–Crippen MR) is 68.4 cm³/mol. The van der Waals surface area contributed by atoms with Crippen LogP contribution in [0, 0.1) is 0 Å². The van der Waals surface area contributed by atoms with Crippen molar-refractivity contribution in [3.63, 3.8) is 0 Å². The van der Waals surface area contributed by atoms with E-state index < -0.39 is 0 Å². The first-order valence-electron chi connectivity index (χ1n) is 4.66. The van der Waals surface area contributed by atoms with Crippen LogP contribution >= 0.6 is 0 Å². The Morgan fingerprint density at radius 2 is 1.69 bits per heavy atom. The van der Waals surface area contributed by atoms with Crippen molar-refractivity contribution in [2.45, 2.75) is 0 Å².